The number of aliphatic carboxylic acids is 1. The van der Waals surface area contributed by atoms with Crippen molar-refractivity contribution in [1.82, 2.24) is 5.32 Å². The van der Waals surface area contributed by atoms with E-state index in [1.54, 1.807) is 21.1 Å². The first-order chi connectivity index (χ1) is 8.01. The summed E-state index contributed by atoms with van der Waals surface area (Å²) < 4.78 is 11.0. The van der Waals surface area contributed by atoms with Crippen molar-refractivity contribution in [3.63, 3.8) is 0 Å². The van der Waals surface area contributed by atoms with Crippen LogP contribution in [0.5, 0.6) is 0 Å². The van der Waals surface area contributed by atoms with Gasteiger partial charge in [0.1, 0.15) is 5.54 Å². The molecule has 1 fully saturated rings. The van der Waals surface area contributed by atoms with Crippen molar-refractivity contribution in [2.45, 2.75) is 50.4 Å². The average molecular weight is 245 g/mol. The van der Waals surface area contributed by atoms with Gasteiger partial charge in [0.2, 0.25) is 0 Å². The predicted molar refractivity (Wildman–Crippen MR) is 64.1 cm³/mol. The molecule has 0 aromatic rings. The summed E-state index contributed by atoms with van der Waals surface area (Å²) in [4.78, 5) is 11.1. The molecule has 0 aliphatic heterocycles. The molecular weight excluding hydrogens is 222 g/mol. The highest BCUT2D eigenvalue weighted by atomic mass is 16.5. The van der Waals surface area contributed by atoms with Crippen molar-refractivity contribution in [2.24, 2.45) is 0 Å². The standard InChI is InChI=1S/C12H23NO4/c1-12(13-2,11(14)15)8-17-10-6-4-5-9(7-10)16-3/h9-10,13H,4-8H2,1-3H3,(H,14,15). The summed E-state index contributed by atoms with van der Waals surface area (Å²) in [6, 6.07) is 0. The lowest BCUT2D eigenvalue weighted by atomic mass is 9.94. The Morgan fingerprint density at radius 2 is 2.12 bits per heavy atom. The van der Waals surface area contributed by atoms with Crippen molar-refractivity contribution >= 4 is 5.97 Å². The van der Waals surface area contributed by atoms with E-state index in [9.17, 15) is 4.79 Å². The summed E-state index contributed by atoms with van der Waals surface area (Å²) in [5, 5.41) is 11.9. The first kappa shape index (κ1) is 14.4. The molecule has 17 heavy (non-hydrogen) atoms. The van der Waals surface area contributed by atoms with Gasteiger partial charge >= 0.3 is 5.97 Å². The molecule has 5 nitrogen and oxygen atoms in total. The molecule has 0 spiro atoms. The number of ether oxygens (including phenoxy) is 2. The molecule has 2 N–H and O–H groups in total. The fraction of sp³-hybridized carbons (Fsp3) is 0.917. The fourth-order valence-corrected chi connectivity index (χ4v) is 1.99. The Labute approximate surface area is 102 Å². The lowest BCUT2D eigenvalue weighted by Crippen LogP contribution is -2.52. The number of carbonyl (C=O) groups is 1. The van der Waals surface area contributed by atoms with E-state index in [-0.39, 0.29) is 18.8 Å². The zero-order valence-corrected chi connectivity index (χ0v) is 10.9. The Morgan fingerprint density at radius 3 is 2.65 bits per heavy atom. The van der Waals surface area contributed by atoms with Gasteiger partial charge in [-0.25, -0.2) is 0 Å². The molecule has 0 bridgehead atoms. The van der Waals surface area contributed by atoms with Gasteiger partial charge in [0, 0.05) is 7.11 Å². The third kappa shape index (κ3) is 3.94. The number of methoxy groups -OCH3 is 1. The highest BCUT2D eigenvalue weighted by Gasteiger charge is 2.33. The van der Waals surface area contributed by atoms with Gasteiger partial charge in [-0.15, -0.1) is 0 Å². The van der Waals surface area contributed by atoms with E-state index in [1.165, 1.54) is 0 Å². The zero-order chi connectivity index (χ0) is 12.9. The Bertz CT molecular complexity index is 259. The normalized spacial score (nSPS) is 28.6. The number of carboxylic acids is 1. The van der Waals surface area contributed by atoms with Crippen molar-refractivity contribution in [3.05, 3.63) is 0 Å². The van der Waals surface area contributed by atoms with E-state index in [0.717, 1.165) is 25.7 Å². The molecule has 3 atom stereocenters. The van der Waals surface area contributed by atoms with E-state index in [1.807, 2.05) is 0 Å². The minimum absolute atomic E-state index is 0.112. The van der Waals surface area contributed by atoms with Crippen LogP contribution in [0.4, 0.5) is 0 Å². The number of carboxylic acid groups (broad SMARTS) is 1. The van der Waals surface area contributed by atoms with Gasteiger partial charge in [-0.3, -0.25) is 4.79 Å². The topological polar surface area (TPSA) is 67.8 Å². The highest BCUT2D eigenvalue weighted by Crippen LogP contribution is 2.23. The molecule has 1 saturated carbocycles. The van der Waals surface area contributed by atoms with Gasteiger partial charge in [0.15, 0.2) is 0 Å². The molecule has 3 unspecified atom stereocenters. The third-order valence-corrected chi connectivity index (χ3v) is 3.54. The maximum Gasteiger partial charge on any atom is 0.326 e. The Kier molecular flexibility index (Phi) is 5.36. The van der Waals surface area contributed by atoms with E-state index < -0.39 is 11.5 Å². The van der Waals surface area contributed by atoms with Gasteiger partial charge in [-0.2, -0.15) is 0 Å². The first-order valence-corrected chi connectivity index (χ1v) is 6.08. The number of hydrogen-bond donors (Lipinski definition) is 2. The smallest absolute Gasteiger partial charge is 0.326 e. The van der Waals surface area contributed by atoms with Crippen LogP contribution in [-0.2, 0) is 14.3 Å². The predicted octanol–water partition coefficient (Wildman–Crippen LogP) is 1.02. The van der Waals surface area contributed by atoms with Crippen LogP contribution < -0.4 is 5.32 Å². The summed E-state index contributed by atoms with van der Waals surface area (Å²) in [6.07, 6.45) is 4.35. The fourth-order valence-electron chi connectivity index (χ4n) is 1.99. The van der Waals surface area contributed by atoms with Crippen LogP contribution in [0, 0.1) is 0 Å². The van der Waals surface area contributed by atoms with Gasteiger partial charge < -0.3 is 19.9 Å². The van der Waals surface area contributed by atoms with Crippen molar-refractivity contribution in [3.8, 4) is 0 Å². The second-order valence-corrected chi connectivity index (χ2v) is 4.84. The van der Waals surface area contributed by atoms with E-state index >= 15 is 0 Å². The summed E-state index contributed by atoms with van der Waals surface area (Å²) in [5.41, 5.74) is -1.01. The molecule has 0 saturated heterocycles. The van der Waals surface area contributed by atoms with Gasteiger partial charge in [0.05, 0.1) is 18.8 Å². The first-order valence-electron chi connectivity index (χ1n) is 6.08. The Balaban J connectivity index is 2.41. The third-order valence-electron chi connectivity index (χ3n) is 3.54. The summed E-state index contributed by atoms with van der Waals surface area (Å²) in [5.74, 6) is -0.890. The molecule has 0 amide bonds. The second-order valence-electron chi connectivity index (χ2n) is 4.84. The van der Waals surface area contributed by atoms with Crippen LogP contribution in [0.2, 0.25) is 0 Å². The Hall–Kier alpha value is -0.650. The number of likely N-dealkylation sites (N-methyl/N-ethyl adjacent to an activating group) is 1. The molecule has 1 aliphatic carbocycles. The van der Waals surface area contributed by atoms with Crippen molar-refractivity contribution in [2.75, 3.05) is 20.8 Å². The molecule has 0 aromatic carbocycles. The van der Waals surface area contributed by atoms with Crippen LogP contribution in [0.25, 0.3) is 0 Å². The van der Waals surface area contributed by atoms with Crippen LogP contribution in [0.15, 0.2) is 0 Å². The van der Waals surface area contributed by atoms with E-state index in [4.69, 9.17) is 14.6 Å². The van der Waals surface area contributed by atoms with E-state index in [0.29, 0.717) is 0 Å². The molecule has 0 aromatic heterocycles. The number of hydrogen-bond acceptors (Lipinski definition) is 4. The molecule has 1 aliphatic rings. The maximum absolute atomic E-state index is 11.1. The minimum atomic E-state index is -1.01. The van der Waals surface area contributed by atoms with E-state index in [2.05, 4.69) is 5.32 Å². The molecule has 0 heterocycles. The molecular formula is C12H23NO4. The quantitative estimate of drug-likeness (QED) is 0.731. The SMILES string of the molecule is CNC(C)(COC1CCCC(OC)C1)C(=O)O. The lowest BCUT2D eigenvalue weighted by Gasteiger charge is -2.31. The molecule has 100 valence electrons. The maximum atomic E-state index is 11.1. The Morgan fingerprint density at radius 1 is 1.47 bits per heavy atom. The lowest BCUT2D eigenvalue weighted by molar-refractivity contribution is -0.148. The van der Waals surface area contributed by atoms with Crippen molar-refractivity contribution < 1.29 is 19.4 Å². The summed E-state index contributed by atoms with van der Waals surface area (Å²) >= 11 is 0. The monoisotopic (exact) mass is 245 g/mol. The average Bonchev–Trinajstić information content (AvgIpc) is 2.36. The van der Waals surface area contributed by atoms with Gasteiger partial charge in [0.25, 0.3) is 0 Å². The van der Waals surface area contributed by atoms with Crippen LogP contribution >= 0.6 is 0 Å². The summed E-state index contributed by atoms with van der Waals surface area (Å²) in [6.45, 7) is 1.81. The van der Waals surface area contributed by atoms with Gasteiger partial charge in [-0.1, -0.05) is 0 Å². The summed E-state index contributed by atoms with van der Waals surface area (Å²) in [7, 11) is 3.35. The van der Waals surface area contributed by atoms with Crippen LogP contribution in [0.1, 0.15) is 32.6 Å². The molecule has 0 radical (unpaired) electrons. The van der Waals surface area contributed by atoms with Crippen LogP contribution in [-0.4, -0.2) is 49.6 Å². The minimum Gasteiger partial charge on any atom is -0.480 e. The van der Waals surface area contributed by atoms with Gasteiger partial charge in [-0.05, 0) is 39.7 Å². The van der Waals surface area contributed by atoms with Crippen molar-refractivity contribution in [1.29, 1.82) is 0 Å². The second kappa shape index (κ2) is 6.33. The largest absolute Gasteiger partial charge is 0.480 e. The van der Waals surface area contributed by atoms with Crippen LogP contribution in [0.3, 0.4) is 0 Å². The number of rotatable bonds is 6. The zero-order valence-electron chi connectivity index (χ0n) is 10.9. The highest BCUT2D eigenvalue weighted by molar-refractivity contribution is 5.78. The molecule has 5 heteroatoms. The molecule has 1 rings (SSSR count). The number of nitrogens with one attached hydrogen (secondary N) is 1.